The van der Waals surface area contributed by atoms with E-state index in [2.05, 4.69) is 25.0 Å². The third-order valence-electron chi connectivity index (χ3n) is 3.46. The Hall–Kier alpha value is -2.08. The summed E-state index contributed by atoms with van der Waals surface area (Å²) in [4.78, 5) is 8.00. The van der Waals surface area contributed by atoms with Crippen LogP contribution in [0.4, 0.5) is 0 Å². The van der Waals surface area contributed by atoms with Crippen molar-refractivity contribution in [1.82, 2.24) is 0 Å². The maximum absolute atomic E-state index is 9.56. The number of aliphatic hydroxyl groups excluding tert-OH is 1. The van der Waals surface area contributed by atoms with Gasteiger partial charge in [-0.2, -0.15) is 0 Å². The molecular formula is C22H25O4W-. The van der Waals surface area contributed by atoms with Gasteiger partial charge >= 0.3 is 0 Å². The van der Waals surface area contributed by atoms with E-state index in [1.165, 1.54) is 11.1 Å². The first kappa shape index (κ1) is 24.9. The van der Waals surface area contributed by atoms with Crippen molar-refractivity contribution in [2.45, 2.75) is 25.4 Å². The van der Waals surface area contributed by atoms with Gasteiger partial charge in [-0.05, 0) is 41.8 Å². The Morgan fingerprint density at radius 1 is 1.00 bits per heavy atom. The van der Waals surface area contributed by atoms with Crippen LogP contribution in [-0.4, -0.2) is 31.2 Å². The smallest absolute Gasteiger partial charge is 0.119 e. The number of carbonyl (C=O) groups excluding carboxylic acids is 1. The van der Waals surface area contributed by atoms with Crippen LogP contribution >= 0.6 is 0 Å². The average molecular weight is 537 g/mol. The Kier molecular flexibility index (Phi) is 13.9. The molecule has 0 aliphatic heterocycles. The van der Waals surface area contributed by atoms with Crippen LogP contribution in [0.15, 0.2) is 48.5 Å². The summed E-state index contributed by atoms with van der Waals surface area (Å²) in [6, 6.07) is 16.0. The zero-order valence-electron chi connectivity index (χ0n) is 15.3. The second-order valence-electron chi connectivity index (χ2n) is 5.54. The Labute approximate surface area is 176 Å². The molecule has 0 saturated carbocycles. The van der Waals surface area contributed by atoms with Crippen molar-refractivity contribution in [3.8, 4) is 23.8 Å². The van der Waals surface area contributed by atoms with Crippen molar-refractivity contribution < 1.29 is 40.4 Å². The van der Waals surface area contributed by atoms with Crippen molar-refractivity contribution in [1.29, 1.82) is 0 Å². The number of aliphatic hydroxyl groups is 1. The molecule has 4 nitrogen and oxygen atoms in total. The van der Waals surface area contributed by atoms with E-state index < -0.39 is 6.10 Å². The molecule has 0 heterocycles. The first-order chi connectivity index (χ1) is 12.7. The van der Waals surface area contributed by atoms with Gasteiger partial charge in [-0.1, -0.05) is 24.3 Å². The predicted molar refractivity (Wildman–Crippen MR) is 103 cm³/mol. The SMILES string of the molecule is C#CCC(O)COc1ccc(Cc2ccc(OCC[CH2-])cc2)cc1.C=O.[W]. The van der Waals surface area contributed by atoms with Crippen LogP contribution in [0.25, 0.3) is 0 Å². The molecule has 0 spiro atoms. The molecule has 0 fully saturated rings. The summed E-state index contributed by atoms with van der Waals surface area (Å²) in [6.07, 6.45) is 6.42. The molecule has 5 heteroatoms. The Morgan fingerprint density at radius 2 is 1.48 bits per heavy atom. The van der Waals surface area contributed by atoms with Gasteiger partial charge in [0, 0.05) is 27.5 Å². The van der Waals surface area contributed by atoms with Crippen LogP contribution in [0.1, 0.15) is 24.0 Å². The standard InChI is InChI=1S/C21H23O3.CH2O.W/c1-3-5-19(22)16-24-21-12-8-18(9-13-21)15-17-6-10-20(11-7-17)23-14-4-2;1-2;/h1,6-13,19,22H,2,4-5,14-16H2;1H2;/q-1;;. The molecule has 2 rings (SSSR count). The van der Waals surface area contributed by atoms with Crippen molar-refractivity contribution >= 4 is 6.79 Å². The van der Waals surface area contributed by atoms with Crippen LogP contribution in [-0.2, 0) is 32.3 Å². The van der Waals surface area contributed by atoms with Crippen molar-refractivity contribution in [3.05, 3.63) is 66.6 Å². The molecule has 2 aromatic rings. The zero-order chi connectivity index (χ0) is 19.2. The number of carbonyl (C=O) groups is 1. The minimum Gasteiger partial charge on any atom is -0.496 e. The van der Waals surface area contributed by atoms with E-state index in [0.29, 0.717) is 13.0 Å². The maximum atomic E-state index is 9.56. The van der Waals surface area contributed by atoms with Gasteiger partial charge in [-0.15, -0.1) is 18.8 Å². The number of ether oxygens (including phenoxy) is 2. The third kappa shape index (κ3) is 9.99. The van der Waals surface area contributed by atoms with Gasteiger partial charge in [0.2, 0.25) is 0 Å². The average Bonchev–Trinajstić information content (AvgIpc) is 2.69. The van der Waals surface area contributed by atoms with Gasteiger partial charge in [-0.25, -0.2) is 0 Å². The normalized spacial score (nSPS) is 10.4. The quantitative estimate of drug-likeness (QED) is 0.394. The second-order valence-corrected chi connectivity index (χ2v) is 5.54. The van der Waals surface area contributed by atoms with Crippen LogP contribution < -0.4 is 9.47 Å². The van der Waals surface area contributed by atoms with Crippen LogP contribution in [0.3, 0.4) is 0 Å². The molecule has 2 aromatic carbocycles. The fraction of sp³-hybridized carbons (Fsp3) is 0.273. The van der Waals surface area contributed by atoms with E-state index in [1.54, 1.807) is 0 Å². The third-order valence-corrected chi connectivity index (χ3v) is 3.46. The Balaban J connectivity index is 0.00000218. The topological polar surface area (TPSA) is 55.8 Å². The van der Waals surface area contributed by atoms with Gasteiger partial charge < -0.3 is 26.3 Å². The van der Waals surface area contributed by atoms with E-state index >= 15 is 0 Å². The van der Waals surface area contributed by atoms with E-state index in [1.807, 2.05) is 43.2 Å². The fourth-order valence-electron chi connectivity index (χ4n) is 2.22. The summed E-state index contributed by atoms with van der Waals surface area (Å²) in [6.45, 7) is 6.60. The number of terminal acetylenes is 1. The van der Waals surface area contributed by atoms with Crippen LogP contribution in [0.5, 0.6) is 11.5 Å². The molecule has 0 bridgehead atoms. The van der Waals surface area contributed by atoms with Gasteiger partial charge in [0.15, 0.2) is 0 Å². The molecule has 0 aliphatic rings. The van der Waals surface area contributed by atoms with E-state index in [-0.39, 0.29) is 27.7 Å². The van der Waals surface area contributed by atoms with Crippen molar-refractivity contribution in [2.24, 2.45) is 0 Å². The number of benzene rings is 2. The van der Waals surface area contributed by atoms with Gasteiger partial charge in [0.05, 0.1) is 12.7 Å². The Morgan fingerprint density at radius 3 is 1.93 bits per heavy atom. The van der Waals surface area contributed by atoms with Crippen molar-refractivity contribution in [2.75, 3.05) is 13.2 Å². The summed E-state index contributed by atoms with van der Waals surface area (Å²) in [5.41, 5.74) is 2.41. The van der Waals surface area contributed by atoms with Crippen LogP contribution in [0.2, 0.25) is 0 Å². The monoisotopic (exact) mass is 537 g/mol. The number of rotatable bonds is 9. The van der Waals surface area contributed by atoms with E-state index in [0.717, 1.165) is 24.3 Å². The molecule has 0 amide bonds. The maximum Gasteiger partial charge on any atom is 0.119 e. The summed E-state index contributed by atoms with van der Waals surface area (Å²) >= 11 is 0. The molecule has 0 saturated heterocycles. The summed E-state index contributed by atoms with van der Waals surface area (Å²) in [5.74, 6) is 4.01. The minimum absolute atomic E-state index is 0. The minimum atomic E-state index is -0.626. The zero-order valence-corrected chi connectivity index (χ0v) is 18.2. The Bertz CT molecular complexity index is 662. The molecule has 1 N–H and O–H groups in total. The predicted octanol–water partition coefficient (Wildman–Crippen LogP) is 3.46. The molecule has 1 atom stereocenters. The summed E-state index contributed by atoms with van der Waals surface area (Å²) in [5, 5.41) is 9.56. The first-order valence-corrected chi connectivity index (χ1v) is 8.34. The summed E-state index contributed by atoms with van der Waals surface area (Å²) in [7, 11) is 0. The number of hydrogen-bond acceptors (Lipinski definition) is 4. The molecular weight excluding hydrogens is 512 g/mol. The van der Waals surface area contributed by atoms with E-state index in [9.17, 15) is 5.11 Å². The molecule has 1 unspecified atom stereocenters. The molecule has 0 radical (unpaired) electrons. The van der Waals surface area contributed by atoms with Crippen molar-refractivity contribution in [3.63, 3.8) is 0 Å². The second kappa shape index (κ2) is 15.0. The van der Waals surface area contributed by atoms with Gasteiger partial charge in [0.25, 0.3) is 0 Å². The largest absolute Gasteiger partial charge is 0.496 e. The molecule has 0 aromatic heterocycles. The molecule has 144 valence electrons. The molecule has 0 aliphatic carbocycles. The van der Waals surface area contributed by atoms with Crippen LogP contribution in [0, 0.1) is 19.3 Å². The number of hydrogen-bond donors (Lipinski definition) is 1. The summed E-state index contributed by atoms with van der Waals surface area (Å²) < 4.78 is 11.0. The fourth-order valence-corrected chi connectivity index (χ4v) is 2.22. The molecule has 27 heavy (non-hydrogen) atoms. The van der Waals surface area contributed by atoms with Gasteiger partial charge in [0.1, 0.15) is 24.9 Å². The van der Waals surface area contributed by atoms with Gasteiger partial charge in [-0.3, -0.25) is 0 Å². The van der Waals surface area contributed by atoms with E-state index in [4.69, 9.17) is 20.7 Å². The first-order valence-electron chi connectivity index (χ1n) is 8.34.